The van der Waals surface area contributed by atoms with E-state index >= 15 is 0 Å². The molecule has 2 heteroatoms. The molecule has 98 valence electrons. The van der Waals surface area contributed by atoms with Gasteiger partial charge in [-0.25, -0.2) is 0 Å². The van der Waals surface area contributed by atoms with E-state index in [1.54, 1.807) is 0 Å². The standard InChI is InChI=1S/C10H18O2.C6H4/c1-3-5-7-11-9-10-12-8-6-4-2;1-2-6-4-3-5(1)6/h3-8H2,1-2H3;1-4H. The smallest absolute Gasteiger partial charge is 0.154 e. The second-order valence-corrected chi connectivity index (χ2v) is 4.19. The highest BCUT2D eigenvalue weighted by Crippen LogP contribution is 2.29. The number of ether oxygens (including phenoxy) is 2. The van der Waals surface area contributed by atoms with Crippen LogP contribution in [0.25, 0.3) is 11.1 Å². The fraction of sp³-hybridized carbons (Fsp3) is 0.500. The Kier molecular flexibility index (Phi) is 7.55. The van der Waals surface area contributed by atoms with Crippen molar-refractivity contribution in [1.82, 2.24) is 0 Å². The van der Waals surface area contributed by atoms with Crippen LogP contribution < -0.4 is 0 Å². The van der Waals surface area contributed by atoms with Gasteiger partial charge in [-0.15, -0.1) is 0 Å². The van der Waals surface area contributed by atoms with Crippen LogP contribution in [0.4, 0.5) is 0 Å². The number of rotatable bonds is 6. The predicted molar refractivity (Wildman–Crippen MR) is 74.9 cm³/mol. The van der Waals surface area contributed by atoms with Crippen molar-refractivity contribution in [3.8, 4) is 23.3 Å². The first-order valence-corrected chi connectivity index (χ1v) is 6.72. The zero-order valence-electron chi connectivity index (χ0n) is 11.4. The van der Waals surface area contributed by atoms with Crippen molar-refractivity contribution in [2.45, 2.75) is 39.5 Å². The van der Waals surface area contributed by atoms with Gasteiger partial charge in [-0.05, 0) is 24.0 Å². The molecule has 0 aromatic carbocycles. The van der Waals surface area contributed by atoms with Crippen molar-refractivity contribution in [2.75, 3.05) is 13.2 Å². The van der Waals surface area contributed by atoms with E-state index in [9.17, 15) is 0 Å². The molecule has 2 aliphatic carbocycles. The minimum atomic E-state index is 0.709. The van der Waals surface area contributed by atoms with Gasteiger partial charge < -0.3 is 9.47 Å². The van der Waals surface area contributed by atoms with Crippen LogP contribution in [-0.2, 0) is 9.47 Å². The second kappa shape index (κ2) is 9.41. The summed E-state index contributed by atoms with van der Waals surface area (Å²) in [5, 5.41) is 0. The lowest BCUT2D eigenvalue weighted by Crippen LogP contribution is -1.88. The van der Waals surface area contributed by atoms with Gasteiger partial charge in [0.2, 0.25) is 0 Å². The molecule has 0 radical (unpaired) electrons. The Morgan fingerprint density at radius 2 is 1.17 bits per heavy atom. The zero-order valence-corrected chi connectivity index (χ0v) is 11.4. The average molecular weight is 246 g/mol. The van der Waals surface area contributed by atoms with Gasteiger partial charge in [0.25, 0.3) is 0 Å². The molecule has 0 saturated heterocycles. The highest BCUT2D eigenvalue weighted by molar-refractivity contribution is 5.75. The summed E-state index contributed by atoms with van der Waals surface area (Å²) < 4.78 is 9.94. The van der Waals surface area contributed by atoms with E-state index in [0.717, 1.165) is 25.7 Å². The number of benzene rings is 1. The van der Waals surface area contributed by atoms with Gasteiger partial charge in [-0.3, -0.25) is 0 Å². The Morgan fingerprint density at radius 1 is 0.778 bits per heavy atom. The summed E-state index contributed by atoms with van der Waals surface area (Å²) in [7, 11) is 0. The van der Waals surface area contributed by atoms with E-state index in [1.807, 2.05) is 0 Å². The zero-order chi connectivity index (χ0) is 13.1. The molecular weight excluding hydrogens is 224 g/mol. The lowest BCUT2D eigenvalue weighted by atomic mass is 9.95. The van der Waals surface area contributed by atoms with Crippen LogP contribution in [0, 0.1) is 12.2 Å². The Hall–Kier alpha value is -1.62. The maximum Gasteiger partial charge on any atom is 0.154 e. The lowest BCUT2D eigenvalue weighted by molar-refractivity contribution is 0.241. The van der Waals surface area contributed by atoms with Crippen molar-refractivity contribution < 1.29 is 9.47 Å². The summed E-state index contributed by atoms with van der Waals surface area (Å²) in [4.78, 5) is 0. The Balaban J connectivity index is 0.000000217. The van der Waals surface area contributed by atoms with Gasteiger partial charge in [0.1, 0.15) is 13.2 Å². The highest BCUT2D eigenvalue weighted by atomic mass is 16.5. The Morgan fingerprint density at radius 3 is 1.39 bits per heavy atom. The van der Waals surface area contributed by atoms with Crippen LogP contribution >= 0.6 is 0 Å². The van der Waals surface area contributed by atoms with Crippen LogP contribution in [0.1, 0.15) is 39.5 Å². The van der Waals surface area contributed by atoms with Crippen molar-refractivity contribution in [3.63, 3.8) is 0 Å². The van der Waals surface area contributed by atoms with Crippen LogP contribution in [0.5, 0.6) is 0 Å². The molecule has 18 heavy (non-hydrogen) atoms. The topological polar surface area (TPSA) is 18.5 Å². The maximum absolute atomic E-state index is 4.97. The van der Waals surface area contributed by atoms with E-state index < -0.39 is 0 Å². The SMILES string of the molecule is CCCCOC#COCCCC.c1cc2ccc1-2. The molecule has 0 heterocycles. The van der Waals surface area contributed by atoms with Crippen LogP contribution in [0.3, 0.4) is 0 Å². The summed E-state index contributed by atoms with van der Waals surface area (Å²) >= 11 is 0. The molecule has 0 saturated carbocycles. The van der Waals surface area contributed by atoms with Gasteiger partial charge in [0.05, 0.1) is 0 Å². The fourth-order valence-electron chi connectivity index (χ4n) is 1.26. The van der Waals surface area contributed by atoms with E-state index in [1.165, 1.54) is 11.1 Å². The normalized spacial score (nSPS) is 9.44. The van der Waals surface area contributed by atoms with E-state index in [4.69, 9.17) is 9.47 Å². The molecule has 0 aromatic heterocycles. The van der Waals surface area contributed by atoms with Crippen molar-refractivity contribution >= 4 is 0 Å². The molecule has 2 aliphatic rings. The molecule has 0 spiro atoms. The van der Waals surface area contributed by atoms with Crippen molar-refractivity contribution in [1.29, 1.82) is 0 Å². The van der Waals surface area contributed by atoms with Crippen LogP contribution in [-0.4, -0.2) is 13.2 Å². The Labute approximate surface area is 110 Å². The van der Waals surface area contributed by atoms with E-state index in [-0.39, 0.29) is 0 Å². The third kappa shape index (κ3) is 5.63. The summed E-state index contributed by atoms with van der Waals surface area (Å²) in [6, 6.07) is 8.48. The largest absolute Gasteiger partial charge is 0.444 e. The molecule has 0 aliphatic heterocycles. The molecule has 0 atom stereocenters. The molecule has 0 N–H and O–H groups in total. The van der Waals surface area contributed by atoms with Gasteiger partial charge in [-0.2, -0.15) is 0 Å². The lowest BCUT2D eigenvalue weighted by Gasteiger charge is -2.10. The fourth-order valence-corrected chi connectivity index (χ4v) is 1.26. The Bertz CT molecular complexity index is 335. The first-order valence-electron chi connectivity index (χ1n) is 6.72. The molecule has 2 rings (SSSR count). The van der Waals surface area contributed by atoms with Gasteiger partial charge in [0, 0.05) is 0 Å². The third-order valence-electron chi connectivity index (χ3n) is 2.60. The monoisotopic (exact) mass is 246 g/mol. The molecular formula is C16H22O2. The second-order valence-electron chi connectivity index (χ2n) is 4.19. The van der Waals surface area contributed by atoms with Gasteiger partial charge in [0.15, 0.2) is 12.2 Å². The maximum atomic E-state index is 4.97. The summed E-state index contributed by atoms with van der Waals surface area (Å²) in [5.74, 6) is 0. The molecule has 0 unspecified atom stereocenters. The first kappa shape index (κ1) is 14.4. The molecule has 0 aromatic rings. The molecule has 0 fully saturated rings. The summed E-state index contributed by atoms with van der Waals surface area (Å²) in [6.07, 6.45) is 9.41. The van der Waals surface area contributed by atoms with Gasteiger partial charge >= 0.3 is 0 Å². The van der Waals surface area contributed by atoms with E-state index in [2.05, 4.69) is 50.3 Å². The number of hydrogen-bond donors (Lipinski definition) is 0. The summed E-state index contributed by atoms with van der Waals surface area (Å²) in [6.45, 7) is 5.66. The van der Waals surface area contributed by atoms with Crippen LogP contribution in [0.2, 0.25) is 0 Å². The van der Waals surface area contributed by atoms with Gasteiger partial charge in [-0.1, -0.05) is 51.0 Å². The van der Waals surface area contributed by atoms with Crippen molar-refractivity contribution in [3.05, 3.63) is 24.3 Å². The molecule has 2 nitrogen and oxygen atoms in total. The molecule has 0 bridgehead atoms. The minimum absolute atomic E-state index is 0.709. The quantitative estimate of drug-likeness (QED) is 0.561. The minimum Gasteiger partial charge on any atom is -0.444 e. The van der Waals surface area contributed by atoms with Crippen LogP contribution in [0.15, 0.2) is 24.3 Å². The van der Waals surface area contributed by atoms with Crippen molar-refractivity contribution in [2.24, 2.45) is 0 Å². The highest BCUT2D eigenvalue weighted by Gasteiger charge is 2.03. The number of fused-ring (bicyclic) bond motifs is 1. The third-order valence-corrected chi connectivity index (χ3v) is 2.60. The molecule has 0 amide bonds. The first-order chi connectivity index (χ1) is 8.88. The van der Waals surface area contributed by atoms with E-state index in [0.29, 0.717) is 13.2 Å². The summed E-state index contributed by atoms with van der Waals surface area (Å²) in [5.41, 5.74) is 2.85. The number of hydrogen-bond acceptors (Lipinski definition) is 2. The average Bonchev–Trinajstić information content (AvgIpc) is 2.38. The number of unbranched alkanes of at least 4 members (excludes halogenated alkanes) is 2. The predicted octanol–water partition coefficient (Wildman–Crippen LogP) is 4.21.